The number of thiazole rings is 1. The molecule has 1 saturated heterocycles. The van der Waals surface area contributed by atoms with Gasteiger partial charge in [0, 0.05) is 17.6 Å². The number of benzene rings is 2. The molecule has 5 rings (SSSR count). The van der Waals surface area contributed by atoms with Gasteiger partial charge in [-0.2, -0.15) is 0 Å². The summed E-state index contributed by atoms with van der Waals surface area (Å²) in [6, 6.07) is 14.9. The number of ether oxygens (including phenoxy) is 2. The molecule has 2 aromatic carbocycles. The van der Waals surface area contributed by atoms with Crippen LogP contribution in [0.4, 0.5) is 5.13 Å². The number of rotatable bonds is 8. The summed E-state index contributed by atoms with van der Waals surface area (Å²) < 4.78 is 12.6. The van der Waals surface area contributed by atoms with Crippen molar-refractivity contribution in [1.82, 2.24) is 14.5 Å². The van der Waals surface area contributed by atoms with Gasteiger partial charge in [-0.1, -0.05) is 23.9 Å². The van der Waals surface area contributed by atoms with Crippen molar-refractivity contribution in [2.24, 2.45) is 0 Å². The third-order valence-electron chi connectivity index (χ3n) is 5.71. The van der Waals surface area contributed by atoms with Crippen molar-refractivity contribution in [2.75, 3.05) is 24.8 Å². The van der Waals surface area contributed by atoms with Crippen molar-refractivity contribution in [3.05, 3.63) is 64.3 Å². The number of fused-ring (bicyclic) bond motifs is 1. The normalized spacial score (nSPS) is 15.4. The molecule has 10 heteroatoms. The van der Waals surface area contributed by atoms with Crippen LogP contribution in [0.5, 0.6) is 5.75 Å². The minimum atomic E-state index is -0.211. The standard InChI is InChI=1S/C25H24N4O4S2/c1-32-17-10-8-16(9-11-17)21-14-34-24(26-21)28-22(30)15-35-25-27-20-7-3-2-6-19(20)23(31)29(25)13-18-5-4-12-33-18/h2-3,6-11,14,18H,4-5,12-13,15H2,1H3,(H,26,28,30)/t18-/m0/s1. The number of nitrogens with one attached hydrogen (secondary N) is 1. The number of amides is 1. The Morgan fingerprint density at radius 2 is 2.06 bits per heavy atom. The molecule has 1 N–H and O–H groups in total. The Morgan fingerprint density at radius 3 is 2.83 bits per heavy atom. The zero-order valence-corrected chi connectivity index (χ0v) is 20.7. The highest BCUT2D eigenvalue weighted by atomic mass is 32.2. The Kier molecular flexibility index (Phi) is 7.12. The van der Waals surface area contributed by atoms with Crippen LogP contribution < -0.4 is 15.6 Å². The van der Waals surface area contributed by atoms with Crippen LogP contribution in [0.3, 0.4) is 0 Å². The van der Waals surface area contributed by atoms with Crippen LogP contribution in [0.25, 0.3) is 22.2 Å². The number of methoxy groups -OCH3 is 1. The molecule has 180 valence electrons. The number of carbonyl (C=O) groups is 1. The summed E-state index contributed by atoms with van der Waals surface area (Å²) in [5.41, 5.74) is 2.23. The second-order valence-electron chi connectivity index (χ2n) is 8.07. The molecule has 0 unspecified atom stereocenters. The van der Waals surface area contributed by atoms with Gasteiger partial charge in [0.05, 0.1) is 42.1 Å². The molecule has 0 saturated carbocycles. The third-order valence-corrected chi connectivity index (χ3v) is 7.44. The van der Waals surface area contributed by atoms with Gasteiger partial charge in [0.15, 0.2) is 10.3 Å². The van der Waals surface area contributed by atoms with Crippen molar-refractivity contribution in [2.45, 2.75) is 30.6 Å². The van der Waals surface area contributed by atoms with Crippen molar-refractivity contribution >= 4 is 45.0 Å². The molecule has 8 nitrogen and oxygen atoms in total. The van der Waals surface area contributed by atoms with Crippen LogP contribution in [-0.4, -0.2) is 46.0 Å². The number of hydrogen-bond donors (Lipinski definition) is 1. The van der Waals surface area contributed by atoms with E-state index in [0.29, 0.717) is 34.3 Å². The maximum Gasteiger partial charge on any atom is 0.262 e. The first kappa shape index (κ1) is 23.5. The molecule has 0 bridgehead atoms. The van der Waals surface area contributed by atoms with E-state index in [0.717, 1.165) is 29.8 Å². The van der Waals surface area contributed by atoms with E-state index in [2.05, 4.69) is 15.3 Å². The second kappa shape index (κ2) is 10.6. The van der Waals surface area contributed by atoms with Crippen LogP contribution in [0.15, 0.2) is 63.9 Å². The maximum absolute atomic E-state index is 13.2. The number of hydrogen-bond acceptors (Lipinski definition) is 8. The van der Waals surface area contributed by atoms with E-state index >= 15 is 0 Å². The summed E-state index contributed by atoms with van der Waals surface area (Å²) in [5.74, 6) is 0.666. The van der Waals surface area contributed by atoms with Gasteiger partial charge in [-0.05, 0) is 49.2 Å². The summed E-state index contributed by atoms with van der Waals surface area (Å²) in [6.07, 6.45) is 1.87. The van der Waals surface area contributed by atoms with Crippen molar-refractivity contribution in [1.29, 1.82) is 0 Å². The summed E-state index contributed by atoms with van der Waals surface area (Å²) in [6.45, 7) is 1.13. The zero-order valence-electron chi connectivity index (χ0n) is 19.1. The van der Waals surface area contributed by atoms with Gasteiger partial charge in [0.25, 0.3) is 5.56 Å². The minimum absolute atomic E-state index is 0.0180. The van der Waals surface area contributed by atoms with Crippen molar-refractivity contribution < 1.29 is 14.3 Å². The number of anilines is 1. The van der Waals surface area contributed by atoms with Crippen molar-refractivity contribution in [3.8, 4) is 17.0 Å². The van der Waals surface area contributed by atoms with E-state index in [1.807, 2.05) is 47.8 Å². The number of nitrogens with zero attached hydrogens (tertiary/aromatic N) is 3. The minimum Gasteiger partial charge on any atom is -0.497 e. The Labute approximate surface area is 210 Å². The van der Waals surface area contributed by atoms with E-state index in [4.69, 9.17) is 9.47 Å². The van der Waals surface area contributed by atoms with Crippen LogP contribution in [0, 0.1) is 0 Å². The number of aromatic nitrogens is 3. The lowest BCUT2D eigenvalue weighted by atomic mass is 10.2. The molecular weight excluding hydrogens is 484 g/mol. The Hall–Kier alpha value is -3.21. The van der Waals surface area contributed by atoms with Gasteiger partial charge in [-0.3, -0.25) is 14.2 Å². The summed E-state index contributed by atoms with van der Waals surface area (Å²) >= 11 is 2.60. The number of carbonyl (C=O) groups excluding carboxylic acids is 1. The highest BCUT2D eigenvalue weighted by Gasteiger charge is 2.21. The predicted octanol–water partition coefficient (Wildman–Crippen LogP) is 4.44. The lowest BCUT2D eigenvalue weighted by molar-refractivity contribution is -0.113. The third kappa shape index (κ3) is 5.39. The summed E-state index contributed by atoms with van der Waals surface area (Å²) in [4.78, 5) is 35.1. The smallest absolute Gasteiger partial charge is 0.262 e. The molecule has 35 heavy (non-hydrogen) atoms. The molecule has 0 spiro atoms. The van der Waals surface area contributed by atoms with Crippen LogP contribution in [0.1, 0.15) is 12.8 Å². The molecular formula is C25H24N4O4S2. The fourth-order valence-corrected chi connectivity index (χ4v) is 5.47. The quantitative estimate of drug-likeness (QED) is 0.278. The molecule has 1 aliphatic rings. The molecule has 1 aliphatic heterocycles. The van der Waals surface area contributed by atoms with Gasteiger partial charge in [0.1, 0.15) is 5.75 Å². The zero-order chi connectivity index (χ0) is 24.2. The molecule has 1 atom stereocenters. The van der Waals surface area contributed by atoms with Crippen LogP contribution in [-0.2, 0) is 16.1 Å². The van der Waals surface area contributed by atoms with Gasteiger partial charge in [-0.25, -0.2) is 9.97 Å². The first-order valence-corrected chi connectivity index (χ1v) is 13.1. The van der Waals surface area contributed by atoms with Gasteiger partial charge >= 0.3 is 0 Å². The first-order chi connectivity index (χ1) is 17.1. The fraction of sp³-hybridized carbons (Fsp3) is 0.280. The lowest BCUT2D eigenvalue weighted by Crippen LogP contribution is -2.29. The van der Waals surface area contributed by atoms with E-state index in [1.165, 1.54) is 23.1 Å². The average molecular weight is 509 g/mol. The topological polar surface area (TPSA) is 95.3 Å². The Balaban J connectivity index is 1.29. The predicted molar refractivity (Wildman–Crippen MR) is 138 cm³/mol. The SMILES string of the molecule is COc1ccc(-c2csc(NC(=O)CSc3nc4ccccc4c(=O)n3C[C@@H]3CCCO3)n2)cc1. The number of thioether (sulfide) groups is 1. The molecule has 3 heterocycles. The number of para-hydroxylation sites is 1. The van der Waals surface area contributed by atoms with E-state index in [-0.39, 0.29) is 23.3 Å². The van der Waals surface area contributed by atoms with E-state index < -0.39 is 0 Å². The van der Waals surface area contributed by atoms with Crippen LogP contribution >= 0.6 is 23.1 Å². The van der Waals surface area contributed by atoms with Crippen LogP contribution in [0.2, 0.25) is 0 Å². The summed E-state index contributed by atoms with van der Waals surface area (Å²) in [7, 11) is 1.62. The maximum atomic E-state index is 13.2. The second-order valence-corrected chi connectivity index (χ2v) is 9.87. The lowest BCUT2D eigenvalue weighted by Gasteiger charge is -2.16. The highest BCUT2D eigenvalue weighted by Crippen LogP contribution is 2.27. The molecule has 1 fully saturated rings. The van der Waals surface area contributed by atoms with Gasteiger partial charge in [0.2, 0.25) is 5.91 Å². The summed E-state index contributed by atoms with van der Waals surface area (Å²) in [5, 5.41) is 6.34. The Morgan fingerprint density at radius 1 is 1.23 bits per heavy atom. The van der Waals surface area contributed by atoms with E-state index in [1.54, 1.807) is 17.7 Å². The fourth-order valence-electron chi connectivity index (χ4n) is 3.92. The monoisotopic (exact) mass is 508 g/mol. The molecule has 0 radical (unpaired) electrons. The van der Waals surface area contributed by atoms with Gasteiger partial charge < -0.3 is 14.8 Å². The van der Waals surface area contributed by atoms with Gasteiger partial charge in [-0.15, -0.1) is 11.3 Å². The first-order valence-electron chi connectivity index (χ1n) is 11.2. The van der Waals surface area contributed by atoms with Crippen molar-refractivity contribution in [3.63, 3.8) is 0 Å². The largest absolute Gasteiger partial charge is 0.497 e. The molecule has 0 aliphatic carbocycles. The molecule has 4 aromatic rings. The molecule has 2 aromatic heterocycles. The highest BCUT2D eigenvalue weighted by molar-refractivity contribution is 7.99. The van der Waals surface area contributed by atoms with E-state index in [9.17, 15) is 9.59 Å². The average Bonchev–Trinajstić information content (AvgIpc) is 3.57. The Bertz CT molecular complexity index is 1390. The molecule has 1 amide bonds.